The van der Waals surface area contributed by atoms with Gasteiger partial charge in [-0.15, -0.1) is 10.2 Å². The van der Waals surface area contributed by atoms with E-state index < -0.39 is 4.92 Å². The van der Waals surface area contributed by atoms with Crippen LogP contribution in [0.2, 0.25) is 0 Å². The highest BCUT2D eigenvalue weighted by molar-refractivity contribution is 5.61. The van der Waals surface area contributed by atoms with Crippen molar-refractivity contribution in [1.82, 2.24) is 9.38 Å². The highest BCUT2D eigenvalue weighted by Gasteiger charge is 2.18. The minimum atomic E-state index is -0.538. The molecular weight excluding hydrogens is 338 g/mol. The van der Waals surface area contributed by atoms with E-state index in [-0.39, 0.29) is 23.1 Å². The second kappa shape index (κ2) is 6.79. The van der Waals surface area contributed by atoms with Gasteiger partial charge < -0.3 is 9.84 Å². The molecule has 1 N–H and O–H groups in total. The number of aromatic nitrogens is 2. The van der Waals surface area contributed by atoms with Crippen LogP contribution in [0.1, 0.15) is 25.5 Å². The Kier molecular flexibility index (Phi) is 4.53. The number of ether oxygens (including phenoxy) is 1. The van der Waals surface area contributed by atoms with Crippen LogP contribution in [0.15, 0.2) is 46.8 Å². The second-order valence-corrected chi connectivity index (χ2v) is 5.88. The SMILES string of the molecule is COc1ccc(N=Nc2c(C(C)C)nc3c(O)cccn23)cc1[N+](=O)[O-]. The Balaban J connectivity index is 2.09. The molecule has 0 aliphatic rings. The van der Waals surface area contributed by atoms with Gasteiger partial charge in [0.05, 0.1) is 23.4 Å². The van der Waals surface area contributed by atoms with E-state index in [1.807, 2.05) is 13.8 Å². The predicted molar refractivity (Wildman–Crippen MR) is 94.8 cm³/mol. The maximum absolute atomic E-state index is 11.1. The van der Waals surface area contributed by atoms with Gasteiger partial charge in [-0.3, -0.25) is 14.5 Å². The first-order valence-electron chi connectivity index (χ1n) is 7.86. The smallest absolute Gasteiger partial charge is 0.313 e. The van der Waals surface area contributed by atoms with Crippen molar-refractivity contribution in [3.8, 4) is 11.5 Å². The minimum absolute atomic E-state index is 0.0379. The summed E-state index contributed by atoms with van der Waals surface area (Å²) in [6.07, 6.45) is 1.72. The molecule has 3 aromatic rings. The number of methoxy groups -OCH3 is 1. The summed E-state index contributed by atoms with van der Waals surface area (Å²) in [5.41, 5.74) is 1.16. The summed E-state index contributed by atoms with van der Waals surface area (Å²) in [5, 5.41) is 29.5. The molecule has 0 aliphatic heterocycles. The number of pyridine rings is 1. The number of imidazole rings is 1. The molecule has 2 heterocycles. The fourth-order valence-corrected chi connectivity index (χ4v) is 2.53. The zero-order valence-electron chi connectivity index (χ0n) is 14.4. The van der Waals surface area contributed by atoms with Gasteiger partial charge >= 0.3 is 5.69 Å². The fraction of sp³-hybridized carbons (Fsp3) is 0.235. The number of azo groups is 1. The van der Waals surface area contributed by atoms with Crippen LogP contribution in [0.3, 0.4) is 0 Å². The van der Waals surface area contributed by atoms with Crippen LogP contribution in [0, 0.1) is 10.1 Å². The molecular formula is C17H17N5O4. The summed E-state index contributed by atoms with van der Waals surface area (Å²) in [5.74, 6) is 0.699. The molecule has 0 atom stereocenters. The molecule has 0 bridgehead atoms. The number of fused-ring (bicyclic) bond motifs is 1. The number of nitro benzene ring substituents is 1. The van der Waals surface area contributed by atoms with Crippen molar-refractivity contribution in [2.45, 2.75) is 19.8 Å². The largest absolute Gasteiger partial charge is 0.504 e. The van der Waals surface area contributed by atoms with Crippen molar-refractivity contribution in [3.63, 3.8) is 0 Å². The molecule has 0 radical (unpaired) electrons. The lowest BCUT2D eigenvalue weighted by molar-refractivity contribution is -0.385. The van der Waals surface area contributed by atoms with Gasteiger partial charge in [0.15, 0.2) is 23.0 Å². The number of hydrogen-bond acceptors (Lipinski definition) is 7. The maximum atomic E-state index is 11.1. The number of hydrogen-bond donors (Lipinski definition) is 1. The Morgan fingerprint density at radius 2 is 2.08 bits per heavy atom. The van der Waals surface area contributed by atoms with E-state index in [0.29, 0.717) is 22.8 Å². The first kappa shape index (κ1) is 17.3. The lowest BCUT2D eigenvalue weighted by atomic mass is 10.1. The zero-order chi connectivity index (χ0) is 18.8. The summed E-state index contributed by atoms with van der Waals surface area (Å²) in [6.45, 7) is 3.91. The van der Waals surface area contributed by atoms with Crippen LogP contribution < -0.4 is 4.74 Å². The summed E-state index contributed by atoms with van der Waals surface area (Å²) in [7, 11) is 1.36. The van der Waals surface area contributed by atoms with E-state index in [2.05, 4.69) is 15.2 Å². The van der Waals surface area contributed by atoms with E-state index in [4.69, 9.17) is 4.74 Å². The van der Waals surface area contributed by atoms with Crippen LogP contribution in [0.5, 0.6) is 11.5 Å². The third-order valence-corrected chi connectivity index (χ3v) is 3.80. The Morgan fingerprint density at radius 3 is 2.73 bits per heavy atom. The number of nitrogens with zero attached hydrogens (tertiary/aromatic N) is 5. The molecule has 9 nitrogen and oxygen atoms in total. The van der Waals surface area contributed by atoms with Crippen molar-refractivity contribution in [1.29, 1.82) is 0 Å². The third-order valence-electron chi connectivity index (χ3n) is 3.80. The van der Waals surface area contributed by atoms with Crippen molar-refractivity contribution in [2.75, 3.05) is 7.11 Å². The summed E-state index contributed by atoms with van der Waals surface area (Å²) < 4.78 is 6.61. The molecule has 26 heavy (non-hydrogen) atoms. The quantitative estimate of drug-likeness (QED) is 0.411. The van der Waals surface area contributed by atoms with Gasteiger partial charge in [-0.1, -0.05) is 13.8 Å². The second-order valence-electron chi connectivity index (χ2n) is 5.88. The molecule has 0 saturated carbocycles. The van der Waals surface area contributed by atoms with Gasteiger partial charge in [-0.25, -0.2) is 4.98 Å². The van der Waals surface area contributed by atoms with Gasteiger partial charge in [0.2, 0.25) is 0 Å². The number of benzene rings is 1. The molecule has 0 spiro atoms. The van der Waals surface area contributed by atoms with E-state index in [1.54, 1.807) is 28.8 Å². The Morgan fingerprint density at radius 1 is 1.31 bits per heavy atom. The summed E-state index contributed by atoms with van der Waals surface area (Å²) in [6, 6.07) is 7.55. The van der Waals surface area contributed by atoms with Gasteiger partial charge in [0.25, 0.3) is 0 Å². The van der Waals surface area contributed by atoms with E-state index in [9.17, 15) is 15.2 Å². The molecule has 2 aromatic heterocycles. The normalized spacial score (nSPS) is 11.5. The highest BCUT2D eigenvalue weighted by atomic mass is 16.6. The molecule has 0 amide bonds. The van der Waals surface area contributed by atoms with Gasteiger partial charge in [-0.05, 0) is 30.2 Å². The van der Waals surface area contributed by atoms with Crippen LogP contribution in [-0.4, -0.2) is 26.5 Å². The number of rotatable bonds is 5. The Bertz CT molecular complexity index is 1010. The van der Waals surface area contributed by atoms with E-state index >= 15 is 0 Å². The molecule has 134 valence electrons. The fourth-order valence-electron chi connectivity index (χ4n) is 2.53. The molecule has 0 aliphatic carbocycles. The minimum Gasteiger partial charge on any atom is -0.504 e. The molecule has 0 unspecified atom stereocenters. The average Bonchev–Trinajstić information content (AvgIpc) is 3.00. The third kappa shape index (κ3) is 3.06. The lowest BCUT2D eigenvalue weighted by Gasteiger charge is -2.03. The number of aromatic hydroxyl groups is 1. The van der Waals surface area contributed by atoms with Crippen LogP contribution in [0.4, 0.5) is 17.2 Å². The highest BCUT2D eigenvalue weighted by Crippen LogP contribution is 2.34. The molecule has 9 heteroatoms. The first-order valence-corrected chi connectivity index (χ1v) is 7.86. The van der Waals surface area contributed by atoms with Crippen LogP contribution in [0.25, 0.3) is 5.65 Å². The summed E-state index contributed by atoms with van der Waals surface area (Å²) in [4.78, 5) is 15.0. The van der Waals surface area contributed by atoms with Gasteiger partial charge in [0.1, 0.15) is 0 Å². The molecule has 0 saturated heterocycles. The lowest BCUT2D eigenvalue weighted by Crippen LogP contribution is -1.92. The Hall–Kier alpha value is -3.49. The predicted octanol–water partition coefficient (Wildman–Crippen LogP) is 4.50. The average molecular weight is 355 g/mol. The van der Waals surface area contributed by atoms with Crippen LogP contribution in [-0.2, 0) is 0 Å². The zero-order valence-corrected chi connectivity index (χ0v) is 14.4. The van der Waals surface area contributed by atoms with Crippen molar-refractivity contribution in [3.05, 3.63) is 52.3 Å². The van der Waals surface area contributed by atoms with Crippen LogP contribution >= 0.6 is 0 Å². The maximum Gasteiger partial charge on any atom is 0.313 e. The van der Waals surface area contributed by atoms with Gasteiger partial charge in [-0.2, -0.15) is 0 Å². The molecule has 3 rings (SSSR count). The van der Waals surface area contributed by atoms with Crippen molar-refractivity contribution < 1.29 is 14.8 Å². The number of nitro groups is 1. The summed E-state index contributed by atoms with van der Waals surface area (Å²) >= 11 is 0. The van der Waals surface area contributed by atoms with Crippen molar-refractivity contribution >= 4 is 22.8 Å². The standard InChI is InChI=1S/C17H17N5O4/c1-10(2)15-17(21-8-4-5-13(23)16(21)18-15)20-19-11-6-7-14(26-3)12(9-11)22(24)25/h4-10,23H,1-3H3. The monoisotopic (exact) mass is 355 g/mol. The molecule has 0 fully saturated rings. The molecule has 1 aromatic carbocycles. The van der Waals surface area contributed by atoms with Crippen molar-refractivity contribution in [2.24, 2.45) is 10.2 Å². The van der Waals surface area contributed by atoms with Gasteiger partial charge in [0, 0.05) is 12.3 Å². The topological polar surface area (TPSA) is 115 Å². The Labute approximate surface area is 148 Å². The van der Waals surface area contributed by atoms with E-state index in [0.717, 1.165) is 0 Å². The van der Waals surface area contributed by atoms with E-state index in [1.165, 1.54) is 19.2 Å². The first-order chi connectivity index (χ1) is 12.4.